The molecule has 0 radical (unpaired) electrons. The van der Waals surface area contributed by atoms with Gasteiger partial charge < -0.3 is 4.74 Å². The number of ether oxygens (including phenoxy) is 1. The number of rotatable bonds is 4. The highest BCUT2D eigenvalue weighted by Gasteiger charge is 2.33. The lowest BCUT2D eigenvalue weighted by molar-refractivity contribution is -0.0259. The number of piperidine rings is 1. The predicted octanol–water partition coefficient (Wildman–Crippen LogP) is 4.91. The van der Waals surface area contributed by atoms with Crippen LogP contribution in [0.5, 0.6) is 0 Å². The molecule has 4 nitrogen and oxygen atoms in total. The second kappa shape index (κ2) is 8.21. The number of likely N-dealkylation sites (tertiary alicyclic amines) is 1. The van der Waals surface area contributed by atoms with E-state index in [1.54, 1.807) is 0 Å². The largest absolute Gasteiger partial charge is 0.444 e. The van der Waals surface area contributed by atoms with Crippen molar-refractivity contribution in [1.29, 1.82) is 0 Å². The number of nitrogens with zero attached hydrogens (tertiary/aromatic N) is 2. The molecular weight excluding hydrogens is 324 g/mol. The maximum atomic E-state index is 12.6. The summed E-state index contributed by atoms with van der Waals surface area (Å²) in [5.41, 5.74) is 0.739. The number of hydrogen-bond donors (Lipinski definition) is 0. The molecule has 1 amide bonds. The van der Waals surface area contributed by atoms with Crippen LogP contribution in [-0.4, -0.2) is 40.7 Å². The Bertz CT molecular complexity index is 539. The fraction of sp³-hybridized carbons (Fsp3) is 0.632. The smallest absolute Gasteiger partial charge is 0.411 e. The van der Waals surface area contributed by atoms with Crippen molar-refractivity contribution in [2.75, 3.05) is 13.1 Å². The summed E-state index contributed by atoms with van der Waals surface area (Å²) in [5, 5.41) is 0.745. The minimum Gasteiger partial charge on any atom is -0.444 e. The molecular formula is C19H29ClN2O2. The molecule has 2 rings (SSSR count). The highest BCUT2D eigenvalue weighted by atomic mass is 35.5. The molecule has 0 N–H and O–H groups in total. The number of benzene rings is 1. The molecule has 1 aliphatic heterocycles. The van der Waals surface area contributed by atoms with Crippen molar-refractivity contribution in [2.24, 2.45) is 0 Å². The molecule has 0 aromatic heterocycles. The van der Waals surface area contributed by atoms with Crippen molar-refractivity contribution in [2.45, 2.75) is 65.3 Å². The van der Waals surface area contributed by atoms with Crippen molar-refractivity contribution in [3.8, 4) is 0 Å². The first-order valence-electron chi connectivity index (χ1n) is 8.78. The maximum Gasteiger partial charge on any atom is 0.411 e. The van der Waals surface area contributed by atoms with Crippen molar-refractivity contribution >= 4 is 17.7 Å². The summed E-state index contributed by atoms with van der Waals surface area (Å²) in [6.45, 7) is 10.3. The van der Waals surface area contributed by atoms with E-state index in [2.05, 4.69) is 11.8 Å². The van der Waals surface area contributed by atoms with Crippen LogP contribution in [0.25, 0.3) is 0 Å². The van der Waals surface area contributed by atoms with E-state index in [4.69, 9.17) is 16.3 Å². The number of halogens is 1. The molecule has 1 unspecified atom stereocenters. The highest BCUT2D eigenvalue weighted by Crippen LogP contribution is 2.24. The normalized spacial score (nSPS) is 18.8. The van der Waals surface area contributed by atoms with E-state index in [1.165, 1.54) is 5.56 Å². The Hall–Kier alpha value is -1.26. The van der Waals surface area contributed by atoms with E-state index in [-0.39, 0.29) is 12.3 Å². The molecule has 0 bridgehead atoms. The molecule has 1 atom stereocenters. The van der Waals surface area contributed by atoms with Crippen LogP contribution < -0.4 is 0 Å². The van der Waals surface area contributed by atoms with Crippen LogP contribution in [0.15, 0.2) is 24.3 Å². The zero-order chi connectivity index (χ0) is 17.7. The van der Waals surface area contributed by atoms with E-state index in [9.17, 15) is 4.79 Å². The third-order valence-corrected chi connectivity index (χ3v) is 4.48. The Kier molecular flexibility index (Phi) is 6.53. The minimum absolute atomic E-state index is 0.0919. The summed E-state index contributed by atoms with van der Waals surface area (Å²) < 4.78 is 5.61. The van der Waals surface area contributed by atoms with Crippen LogP contribution in [0.2, 0.25) is 5.02 Å². The number of amides is 1. The molecule has 1 fully saturated rings. The summed E-state index contributed by atoms with van der Waals surface area (Å²) in [4.78, 5) is 16.8. The van der Waals surface area contributed by atoms with Gasteiger partial charge in [-0.3, -0.25) is 9.80 Å². The zero-order valence-electron chi connectivity index (χ0n) is 15.2. The first kappa shape index (κ1) is 19.1. The quantitative estimate of drug-likeness (QED) is 0.771. The van der Waals surface area contributed by atoms with Gasteiger partial charge in [0.1, 0.15) is 5.60 Å². The lowest BCUT2D eigenvalue weighted by Crippen LogP contribution is -2.54. The van der Waals surface area contributed by atoms with Gasteiger partial charge in [0.2, 0.25) is 0 Å². The average molecular weight is 353 g/mol. The Labute approximate surface area is 150 Å². The van der Waals surface area contributed by atoms with E-state index in [0.29, 0.717) is 0 Å². The van der Waals surface area contributed by atoms with Gasteiger partial charge in [-0.1, -0.05) is 30.7 Å². The van der Waals surface area contributed by atoms with E-state index < -0.39 is 5.60 Å². The molecule has 24 heavy (non-hydrogen) atoms. The fourth-order valence-corrected chi connectivity index (χ4v) is 3.21. The summed E-state index contributed by atoms with van der Waals surface area (Å²) >= 11 is 5.97. The summed E-state index contributed by atoms with van der Waals surface area (Å²) in [6, 6.07) is 7.92. The van der Waals surface area contributed by atoms with Gasteiger partial charge in [-0.2, -0.15) is 0 Å². The molecule has 1 aromatic rings. The van der Waals surface area contributed by atoms with Gasteiger partial charge in [-0.15, -0.1) is 0 Å². The zero-order valence-corrected chi connectivity index (χ0v) is 16.0. The molecule has 1 saturated heterocycles. The first-order valence-corrected chi connectivity index (χ1v) is 9.16. The molecule has 1 heterocycles. The third-order valence-electron chi connectivity index (χ3n) is 4.23. The van der Waals surface area contributed by atoms with Gasteiger partial charge >= 0.3 is 6.09 Å². The number of hydrogen-bond acceptors (Lipinski definition) is 3. The van der Waals surface area contributed by atoms with E-state index in [1.807, 2.05) is 49.9 Å². The summed E-state index contributed by atoms with van der Waals surface area (Å²) in [5.74, 6) is 0. The van der Waals surface area contributed by atoms with Crippen molar-refractivity contribution in [3.05, 3.63) is 34.9 Å². The molecule has 5 heteroatoms. The second-order valence-electron chi connectivity index (χ2n) is 7.34. The van der Waals surface area contributed by atoms with Crippen LogP contribution in [0.1, 0.15) is 52.5 Å². The van der Waals surface area contributed by atoms with Gasteiger partial charge in [0, 0.05) is 18.1 Å². The molecule has 1 aromatic carbocycles. The molecule has 134 valence electrons. The van der Waals surface area contributed by atoms with Gasteiger partial charge in [0.15, 0.2) is 0 Å². The monoisotopic (exact) mass is 352 g/mol. The first-order chi connectivity index (χ1) is 11.3. The number of carbonyl (C=O) groups excluding carboxylic acids is 1. The van der Waals surface area contributed by atoms with E-state index in [0.717, 1.165) is 43.9 Å². The van der Waals surface area contributed by atoms with Gasteiger partial charge in [-0.05, 0) is 64.3 Å². The predicted molar refractivity (Wildman–Crippen MR) is 98.1 cm³/mol. The van der Waals surface area contributed by atoms with Crippen LogP contribution in [0, 0.1) is 0 Å². The Morgan fingerprint density at radius 3 is 2.54 bits per heavy atom. The average Bonchev–Trinajstić information content (AvgIpc) is 2.53. The van der Waals surface area contributed by atoms with Gasteiger partial charge in [-0.25, -0.2) is 4.79 Å². The van der Waals surface area contributed by atoms with E-state index >= 15 is 0 Å². The maximum absolute atomic E-state index is 12.6. The minimum atomic E-state index is -0.466. The summed E-state index contributed by atoms with van der Waals surface area (Å²) in [7, 11) is 0. The van der Waals surface area contributed by atoms with Crippen LogP contribution in [-0.2, 0) is 11.3 Å². The fourth-order valence-electron chi connectivity index (χ4n) is 3.08. The topological polar surface area (TPSA) is 32.8 Å². The molecule has 1 aliphatic rings. The van der Waals surface area contributed by atoms with Crippen molar-refractivity contribution in [1.82, 2.24) is 9.80 Å². The molecule has 0 spiro atoms. The van der Waals surface area contributed by atoms with Crippen LogP contribution >= 0.6 is 11.6 Å². The third kappa shape index (κ3) is 5.38. The lowest BCUT2D eigenvalue weighted by Gasteiger charge is -2.42. The van der Waals surface area contributed by atoms with Crippen molar-refractivity contribution in [3.63, 3.8) is 0 Å². The molecule has 0 aliphatic carbocycles. The Morgan fingerprint density at radius 1 is 1.29 bits per heavy atom. The Morgan fingerprint density at radius 2 is 1.96 bits per heavy atom. The second-order valence-corrected chi connectivity index (χ2v) is 7.78. The van der Waals surface area contributed by atoms with Gasteiger partial charge in [0.25, 0.3) is 0 Å². The number of carbonyl (C=O) groups is 1. The van der Waals surface area contributed by atoms with Crippen LogP contribution in [0.3, 0.4) is 0 Å². The van der Waals surface area contributed by atoms with Gasteiger partial charge in [0.05, 0.1) is 6.17 Å². The SMILES string of the molecule is CCN(Cc1ccc(Cl)cc1)C1CCCCN1C(=O)OC(C)(C)C. The lowest BCUT2D eigenvalue weighted by atomic mass is 10.1. The molecule has 0 saturated carbocycles. The Balaban J connectivity index is 2.11. The standard InChI is InChI=1S/C19H29ClN2O2/c1-5-21(14-15-9-11-16(20)12-10-15)17-8-6-7-13-22(17)18(23)24-19(2,3)4/h9-12,17H,5-8,13-14H2,1-4H3. The highest BCUT2D eigenvalue weighted by molar-refractivity contribution is 6.30. The van der Waals surface area contributed by atoms with Crippen LogP contribution in [0.4, 0.5) is 4.79 Å². The van der Waals surface area contributed by atoms with Crippen molar-refractivity contribution < 1.29 is 9.53 Å². The summed E-state index contributed by atoms with van der Waals surface area (Å²) in [6.07, 6.45) is 3.05.